The number of nitrogens with one attached hydrogen (secondary N) is 2. The number of furan rings is 1. The van der Waals surface area contributed by atoms with E-state index in [1.165, 1.54) is 17.6 Å². The standard InChI is InChI=1S/C17H21N3O3S/c1-11-9-14(19-16(21)13-6-4-8-23-13)24-15(11)17(22)18-12-5-3-7-20(2)10-12/h4,6,8-9,12H,3,5,7,10H2,1-2H3,(H,18,22)(H,19,21). The van der Waals surface area contributed by atoms with Crippen LogP contribution in [0, 0.1) is 6.92 Å². The minimum absolute atomic E-state index is 0.0729. The van der Waals surface area contributed by atoms with Crippen molar-refractivity contribution >= 4 is 28.2 Å². The van der Waals surface area contributed by atoms with Gasteiger partial charge in [-0.15, -0.1) is 11.3 Å². The molecule has 6 nitrogen and oxygen atoms in total. The van der Waals surface area contributed by atoms with Gasteiger partial charge in [-0.25, -0.2) is 0 Å². The normalized spacial score (nSPS) is 18.3. The lowest BCUT2D eigenvalue weighted by Gasteiger charge is -2.30. The third-order valence-corrected chi connectivity index (χ3v) is 5.22. The molecule has 0 bridgehead atoms. The van der Waals surface area contributed by atoms with Crippen LogP contribution in [-0.2, 0) is 0 Å². The fourth-order valence-corrected chi connectivity index (χ4v) is 3.86. The average Bonchev–Trinajstić information content (AvgIpc) is 3.17. The van der Waals surface area contributed by atoms with Gasteiger partial charge in [-0.05, 0) is 57.1 Å². The van der Waals surface area contributed by atoms with E-state index >= 15 is 0 Å². The molecule has 1 aliphatic heterocycles. The second kappa shape index (κ2) is 7.19. The van der Waals surface area contributed by atoms with Gasteiger partial charge < -0.3 is 20.0 Å². The topological polar surface area (TPSA) is 74.6 Å². The van der Waals surface area contributed by atoms with Gasteiger partial charge in [0.2, 0.25) is 0 Å². The molecule has 2 aromatic heterocycles. The van der Waals surface area contributed by atoms with E-state index in [-0.39, 0.29) is 23.6 Å². The summed E-state index contributed by atoms with van der Waals surface area (Å²) in [7, 11) is 2.07. The van der Waals surface area contributed by atoms with Crippen molar-refractivity contribution in [3.8, 4) is 0 Å². The van der Waals surface area contributed by atoms with E-state index in [1.807, 2.05) is 13.0 Å². The number of carbonyl (C=O) groups excluding carboxylic acids is 2. The first-order chi connectivity index (χ1) is 11.5. The van der Waals surface area contributed by atoms with Crippen molar-refractivity contribution in [2.75, 3.05) is 25.5 Å². The fourth-order valence-electron chi connectivity index (χ4n) is 2.89. The van der Waals surface area contributed by atoms with Gasteiger partial charge in [0.1, 0.15) is 0 Å². The fraction of sp³-hybridized carbons (Fsp3) is 0.412. The highest BCUT2D eigenvalue weighted by atomic mass is 32.1. The molecule has 2 N–H and O–H groups in total. The number of likely N-dealkylation sites (N-methyl/N-ethyl adjacent to an activating group) is 1. The molecule has 1 saturated heterocycles. The first kappa shape index (κ1) is 16.7. The molecule has 3 rings (SSSR count). The maximum Gasteiger partial charge on any atom is 0.291 e. The van der Waals surface area contributed by atoms with Crippen molar-refractivity contribution in [1.82, 2.24) is 10.2 Å². The summed E-state index contributed by atoms with van der Waals surface area (Å²) >= 11 is 1.28. The van der Waals surface area contributed by atoms with Gasteiger partial charge in [0.05, 0.1) is 16.1 Å². The summed E-state index contributed by atoms with van der Waals surface area (Å²) in [5, 5.41) is 6.51. The Labute approximate surface area is 144 Å². The molecule has 24 heavy (non-hydrogen) atoms. The number of nitrogens with zero attached hydrogens (tertiary/aromatic N) is 1. The van der Waals surface area contributed by atoms with Gasteiger partial charge in [0, 0.05) is 12.6 Å². The van der Waals surface area contributed by atoms with Crippen LogP contribution >= 0.6 is 11.3 Å². The van der Waals surface area contributed by atoms with Gasteiger partial charge in [-0.3, -0.25) is 9.59 Å². The van der Waals surface area contributed by atoms with Crippen molar-refractivity contribution in [1.29, 1.82) is 0 Å². The first-order valence-electron chi connectivity index (χ1n) is 7.97. The largest absolute Gasteiger partial charge is 0.459 e. The zero-order valence-corrected chi connectivity index (χ0v) is 14.6. The lowest BCUT2D eigenvalue weighted by molar-refractivity contribution is 0.0915. The molecule has 1 fully saturated rings. The van der Waals surface area contributed by atoms with Gasteiger partial charge in [-0.1, -0.05) is 0 Å². The van der Waals surface area contributed by atoms with Crippen molar-refractivity contribution in [2.24, 2.45) is 0 Å². The molecule has 3 heterocycles. The SMILES string of the molecule is Cc1cc(NC(=O)c2ccco2)sc1C(=O)NC1CCCN(C)C1. The van der Waals surface area contributed by atoms with E-state index in [9.17, 15) is 9.59 Å². The van der Waals surface area contributed by atoms with E-state index < -0.39 is 0 Å². The molecule has 1 aliphatic rings. The van der Waals surface area contributed by atoms with Crippen LogP contribution in [0.15, 0.2) is 28.9 Å². The van der Waals surface area contributed by atoms with Crippen molar-refractivity contribution in [3.05, 3.63) is 40.7 Å². The molecule has 2 aromatic rings. The maximum absolute atomic E-state index is 12.5. The number of anilines is 1. The molecule has 0 spiro atoms. The third kappa shape index (κ3) is 3.85. The number of hydrogen-bond acceptors (Lipinski definition) is 5. The number of piperidine rings is 1. The molecule has 0 radical (unpaired) electrons. The lowest BCUT2D eigenvalue weighted by atomic mass is 10.1. The van der Waals surface area contributed by atoms with Crippen LogP contribution < -0.4 is 10.6 Å². The molecule has 128 valence electrons. The van der Waals surface area contributed by atoms with Crippen molar-refractivity contribution < 1.29 is 14.0 Å². The van der Waals surface area contributed by atoms with E-state index in [1.54, 1.807) is 12.1 Å². The van der Waals surface area contributed by atoms with Gasteiger partial charge in [0.15, 0.2) is 5.76 Å². The summed E-state index contributed by atoms with van der Waals surface area (Å²) in [6.07, 6.45) is 3.55. The van der Waals surface area contributed by atoms with Crippen molar-refractivity contribution in [2.45, 2.75) is 25.8 Å². The maximum atomic E-state index is 12.5. The summed E-state index contributed by atoms with van der Waals surface area (Å²) in [5.74, 6) is -0.143. The smallest absolute Gasteiger partial charge is 0.291 e. The number of thiophene rings is 1. The van der Waals surface area contributed by atoms with E-state index in [0.29, 0.717) is 9.88 Å². The summed E-state index contributed by atoms with van der Waals surface area (Å²) in [6, 6.07) is 5.25. The van der Waals surface area contributed by atoms with Crippen LogP contribution in [0.3, 0.4) is 0 Å². The number of rotatable bonds is 4. The van der Waals surface area contributed by atoms with Crippen LogP contribution in [0.5, 0.6) is 0 Å². The van der Waals surface area contributed by atoms with E-state index in [4.69, 9.17) is 4.42 Å². The Kier molecular flexibility index (Phi) is 5.01. The zero-order valence-electron chi connectivity index (χ0n) is 13.8. The van der Waals surface area contributed by atoms with Crippen LogP contribution in [0.1, 0.15) is 38.6 Å². The van der Waals surface area contributed by atoms with E-state index in [2.05, 4.69) is 22.6 Å². The second-order valence-electron chi connectivity index (χ2n) is 6.13. The van der Waals surface area contributed by atoms with Gasteiger partial charge in [0.25, 0.3) is 11.8 Å². The molecule has 0 saturated carbocycles. The third-order valence-electron chi connectivity index (χ3n) is 4.07. The van der Waals surface area contributed by atoms with Crippen molar-refractivity contribution in [3.63, 3.8) is 0 Å². The Bertz CT molecular complexity index is 724. The summed E-state index contributed by atoms with van der Waals surface area (Å²) in [6.45, 7) is 3.83. The molecule has 1 atom stereocenters. The number of carbonyl (C=O) groups is 2. The van der Waals surface area contributed by atoms with Gasteiger partial charge in [-0.2, -0.15) is 0 Å². The highest BCUT2D eigenvalue weighted by Gasteiger charge is 2.22. The quantitative estimate of drug-likeness (QED) is 0.892. The Balaban J connectivity index is 1.65. The molecule has 0 aliphatic carbocycles. The van der Waals surface area contributed by atoms with Crippen LogP contribution in [0.2, 0.25) is 0 Å². The molecule has 2 amide bonds. The number of likely N-dealkylation sites (tertiary alicyclic amines) is 1. The highest BCUT2D eigenvalue weighted by Crippen LogP contribution is 2.27. The average molecular weight is 347 g/mol. The zero-order chi connectivity index (χ0) is 17.1. The van der Waals surface area contributed by atoms with E-state index in [0.717, 1.165) is 31.5 Å². The molecule has 1 unspecified atom stereocenters. The number of amides is 2. The monoisotopic (exact) mass is 347 g/mol. The Hall–Kier alpha value is -2.12. The summed E-state index contributed by atoms with van der Waals surface area (Å²) in [4.78, 5) is 27.4. The lowest BCUT2D eigenvalue weighted by Crippen LogP contribution is -2.46. The number of aryl methyl sites for hydroxylation is 1. The molecule has 7 heteroatoms. The number of hydrogen-bond donors (Lipinski definition) is 2. The Morgan fingerprint density at radius 3 is 2.92 bits per heavy atom. The first-order valence-corrected chi connectivity index (χ1v) is 8.79. The highest BCUT2D eigenvalue weighted by molar-refractivity contribution is 7.18. The van der Waals surface area contributed by atoms with Crippen LogP contribution in [-0.4, -0.2) is 42.9 Å². The Morgan fingerprint density at radius 1 is 1.38 bits per heavy atom. The predicted octanol–water partition coefficient (Wildman–Crippen LogP) is 2.73. The van der Waals surface area contributed by atoms with Gasteiger partial charge >= 0.3 is 0 Å². The molecular weight excluding hydrogens is 326 g/mol. The van der Waals surface area contributed by atoms with Crippen LogP contribution in [0.4, 0.5) is 5.00 Å². The minimum atomic E-state index is -0.317. The minimum Gasteiger partial charge on any atom is -0.459 e. The predicted molar refractivity (Wildman–Crippen MR) is 93.7 cm³/mol. The van der Waals surface area contributed by atoms with Crippen LogP contribution in [0.25, 0.3) is 0 Å². The molecular formula is C17H21N3O3S. The second-order valence-corrected chi connectivity index (χ2v) is 7.18. The Morgan fingerprint density at radius 2 is 2.21 bits per heavy atom. The summed E-state index contributed by atoms with van der Waals surface area (Å²) < 4.78 is 5.07. The summed E-state index contributed by atoms with van der Waals surface area (Å²) in [5.41, 5.74) is 0.858. The molecule has 0 aromatic carbocycles.